The Morgan fingerprint density at radius 1 is 1.39 bits per heavy atom. The van der Waals surface area contributed by atoms with E-state index in [1.807, 2.05) is 18.2 Å². The fourth-order valence-corrected chi connectivity index (χ4v) is 2.12. The Morgan fingerprint density at radius 2 is 2.06 bits per heavy atom. The first-order valence-electron chi connectivity index (χ1n) is 5.36. The van der Waals surface area contributed by atoms with Crippen LogP contribution in [0.3, 0.4) is 0 Å². The van der Waals surface area contributed by atoms with Crippen LogP contribution in [0.4, 0.5) is 0 Å². The normalized spacial score (nSPS) is 12.3. The van der Waals surface area contributed by atoms with Crippen LogP contribution in [0.5, 0.6) is 0 Å². The largest absolute Gasteiger partial charge is 0.481 e. The Balaban J connectivity index is 2.31. The molecule has 0 aliphatic heterocycles. The molecule has 18 heavy (non-hydrogen) atoms. The van der Waals surface area contributed by atoms with E-state index in [2.05, 4.69) is 21.0 Å². The van der Waals surface area contributed by atoms with Gasteiger partial charge in [-0.1, -0.05) is 12.1 Å². The maximum atomic E-state index is 11.0. The van der Waals surface area contributed by atoms with Gasteiger partial charge < -0.3 is 10.8 Å². The summed E-state index contributed by atoms with van der Waals surface area (Å²) in [6.07, 6.45) is 1.68. The van der Waals surface area contributed by atoms with Gasteiger partial charge in [-0.05, 0) is 39.7 Å². The number of halogens is 1. The second-order valence-corrected chi connectivity index (χ2v) is 4.60. The van der Waals surface area contributed by atoms with E-state index in [9.17, 15) is 4.79 Å². The van der Waals surface area contributed by atoms with Gasteiger partial charge in [-0.15, -0.1) is 0 Å². The average Bonchev–Trinajstić information content (AvgIpc) is 2.77. The molecule has 1 unspecified atom stereocenters. The number of aromatic nitrogens is 2. The molecule has 0 aliphatic carbocycles. The Hall–Kier alpha value is -1.66. The molecule has 0 fully saturated rings. The van der Waals surface area contributed by atoms with Crippen molar-refractivity contribution in [2.75, 3.05) is 6.54 Å². The lowest BCUT2D eigenvalue weighted by atomic mass is 9.99. The first-order valence-corrected chi connectivity index (χ1v) is 6.15. The zero-order valence-electron chi connectivity index (χ0n) is 9.45. The third-order valence-corrected chi connectivity index (χ3v) is 3.27. The zero-order valence-corrected chi connectivity index (χ0v) is 11.0. The SMILES string of the molecule is NCC(C(=O)O)c1ccc(-n2nccc2Br)cc1. The van der Waals surface area contributed by atoms with Crippen molar-refractivity contribution in [3.8, 4) is 5.69 Å². The van der Waals surface area contributed by atoms with E-state index in [0.29, 0.717) is 5.56 Å². The molecule has 0 amide bonds. The molecule has 1 heterocycles. The average molecular weight is 310 g/mol. The quantitative estimate of drug-likeness (QED) is 0.901. The number of carboxylic acid groups (broad SMARTS) is 1. The Bertz CT molecular complexity index is 551. The van der Waals surface area contributed by atoms with Gasteiger partial charge >= 0.3 is 5.97 Å². The molecule has 1 aromatic heterocycles. The summed E-state index contributed by atoms with van der Waals surface area (Å²) in [4.78, 5) is 11.0. The van der Waals surface area contributed by atoms with Crippen molar-refractivity contribution in [3.05, 3.63) is 46.7 Å². The molecule has 3 N–H and O–H groups in total. The molecule has 1 atom stereocenters. The number of carbonyl (C=O) groups is 1. The summed E-state index contributed by atoms with van der Waals surface area (Å²) < 4.78 is 2.55. The predicted molar refractivity (Wildman–Crippen MR) is 70.7 cm³/mol. The van der Waals surface area contributed by atoms with Crippen molar-refractivity contribution in [1.82, 2.24) is 9.78 Å². The lowest BCUT2D eigenvalue weighted by Gasteiger charge is -2.11. The summed E-state index contributed by atoms with van der Waals surface area (Å²) in [6.45, 7) is 0.0835. The molecular formula is C12H12BrN3O2. The lowest BCUT2D eigenvalue weighted by Crippen LogP contribution is -2.21. The highest BCUT2D eigenvalue weighted by Gasteiger charge is 2.17. The van der Waals surface area contributed by atoms with Crippen molar-refractivity contribution in [1.29, 1.82) is 0 Å². The molecule has 0 spiro atoms. The second kappa shape index (κ2) is 5.32. The van der Waals surface area contributed by atoms with Crippen LogP contribution in [-0.4, -0.2) is 27.4 Å². The van der Waals surface area contributed by atoms with Crippen LogP contribution in [0.2, 0.25) is 0 Å². The third-order valence-electron chi connectivity index (χ3n) is 2.67. The fraction of sp³-hybridized carbons (Fsp3) is 0.167. The summed E-state index contributed by atoms with van der Waals surface area (Å²) in [5.41, 5.74) is 7.01. The van der Waals surface area contributed by atoms with Gasteiger partial charge in [0.2, 0.25) is 0 Å². The molecule has 6 heteroatoms. The summed E-state index contributed by atoms with van der Waals surface area (Å²) in [5, 5.41) is 13.2. The van der Waals surface area contributed by atoms with Crippen LogP contribution in [0.15, 0.2) is 41.1 Å². The van der Waals surface area contributed by atoms with E-state index < -0.39 is 11.9 Å². The molecule has 0 aliphatic rings. The molecule has 0 bridgehead atoms. The maximum absolute atomic E-state index is 11.0. The van der Waals surface area contributed by atoms with Crippen molar-refractivity contribution in [2.24, 2.45) is 5.73 Å². The minimum absolute atomic E-state index is 0.0835. The van der Waals surface area contributed by atoms with E-state index >= 15 is 0 Å². The zero-order chi connectivity index (χ0) is 13.1. The topological polar surface area (TPSA) is 81.1 Å². The van der Waals surface area contributed by atoms with Gasteiger partial charge in [-0.25, -0.2) is 4.68 Å². The first-order chi connectivity index (χ1) is 8.63. The third kappa shape index (κ3) is 2.44. The van der Waals surface area contributed by atoms with Crippen LogP contribution < -0.4 is 5.73 Å². The Morgan fingerprint density at radius 3 is 2.50 bits per heavy atom. The number of benzene rings is 1. The molecule has 1 aromatic carbocycles. The number of rotatable bonds is 4. The molecule has 2 aromatic rings. The lowest BCUT2D eigenvalue weighted by molar-refractivity contribution is -0.138. The number of nitrogens with zero attached hydrogens (tertiary/aromatic N) is 2. The standard InChI is InChI=1S/C12H12BrN3O2/c13-11-5-6-15-16(11)9-3-1-8(2-4-9)10(7-14)12(17)18/h1-6,10H,7,14H2,(H,17,18). The molecule has 0 saturated heterocycles. The van der Waals surface area contributed by atoms with Crippen molar-refractivity contribution in [2.45, 2.75) is 5.92 Å². The van der Waals surface area contributed by atoms with E-state index in [1.165, 1.54) is 0 Å². The number of nitrogens with two attached hydrogens (primary N) is 1. The highest BCUT2D eigenvalue weighted by atomic mass is 79.9. The highest BCUT2D eigenvalue weighted by Crippen LogP contribution is 2.19. The second-order valence-electron chi connectivity index (χ2n) is 3.78. The Labute approximate surface area is 112 Å². The van der Waals surface area contributed by atoms with Crippen LogP contribution in [-0.2, 0) is 4.79 Å². The minimum atomic E-state index is -0.912. The van der Waals surface area contributed by atoms with E-state index in [4.69, 9.17) is 10.8 Å². The molecule has 5 nitrogen and oxygen atoms in total. The molecular weight excluding hydrogens is 298 g/mol. The monoisotopic (exact) mass is 309 g/mol. The summed E-state index contributed by atoms with van der Waals surface area (Å²) in [5.74, 6) is -1.58. The molecule has 2 rings (SSSR count). The van der Waals surface area contributed by atoms with Crippen LogP contribution >= 0.6 is 15.9 Å². The van der Waals surface area contributed by atoms with E-state index in [0.717, 1.165) is 10.3 Å². The minimum Gasteiger partial charge on any atom is -0.481 e. The van der Waals surface area contributed by atoms with Crippen LogP contribution in [0.1, 0.15) is 11.5 Å². The summed E-state index contributed by atoms with van der Waals surface area (Å²) >= 11 is 3.37. The smallest absolute Gasteiger partial charge is 0.312 e. The predicted octanol–water partition coefficient (Wildman–Crippen LogP) is 1.76. The van der Waals surface area contributed by atoms with Gasteiger partial charge in [-0.3, -0.25) is 4.79 Å². The molecule has 0 radical (unpaired) electrons. The van der Waals surface area contributed by atoms with Crippen LogP contribution in [0.25, 0.3) is 5.69 Å². The van der Waals surface area contributed by atoms with E-state index in [1.54, 1.807) is 23.0 Å². The number of aliphatic carboxylic acids is 1. The Kier molecular flexibility index (Phi) is 3.78. The summed E-state index contributed by atoms with van der Waals surface area (Å²) in [6, 6.07) is 8.98. The van der Waals surface area contributed by atoms with Gasteiger partial charge in [-0.2, -0.15) is 5.10 Å². The van der Waals surface area contributed by atoms with Gasteiger partial charge in [0.05, 0.1) is 17.8 Å². The van der Waals surface area contributed by atoms with Crippen LogP contribution in [0, 0.1) is 0 Å². The van der Waals surface area contributed by atoms with Gasteiger partial charge in [0.1, 0.15) is 4.60 Å². The molecule has 0 saturated carbocycles. The van der Waals surface area contributed by atoms with Gasteiger partial charge in [0.25, 0.3) is 0 Å². The number of hydrogen-bond donors (Lipinski definition) is 2. The highest BCUT2D eigenvalue weighted by molar-refractivity contribution is 9.10. The maximum Gasteiger partial charge on any atom is 0.312 e. The van der Waals surface area contributed by atoms with Gasteiger partial charge in [0, 0.05) is 6.54 Å². The van der Waals surface area contributed by atoms with Crippen molar-refractivity contribution < 1.29 is 9.90 Å². The van der Waals surface area contributed by atoms with Crippen molar-refractivity contribution >= 4 is 21.9 Å². The number of hydrogen-bond acceptors (Lipinski definition) is 3. The van der Waals surface area contributed by atoms with Gasteiger partial charge in [0.15, 0.2) is 0 Å². The van der Waals surface area contributed by atoms with Crippen molar-refractivity contribution in [3.63, 3.8) is 0 Å². The molecule has 94 valence electrons. The van der Waals surface area contributed by atoms with E-state index in [-0.39, 0.29) is 6.54 Å². The summed E-state index contributed by atoms with van der Waals surface area (Å²) in [7, 11) is 0. The fourth-order valence-electron chi connectivity index (χ4n) is 1.70. The first kappa shape index (κ1) is 12.8. The number of carboxylic acids is 1.